The van der Waals surface area contributed by atoms with Gasteiger partial charge < -0.3 is 10.1 Å². The first kappa shape index (κ1) is 23.7. The molecule has 0 atom stereocenters. The summed E-state index contributed by atoms with van der Waals surface area (Å²) < 4.78 is 35.8. The van der Waals surface area contributed by atoms with Gasteiger partial charge in [-0.15, -0.1) is 11.3 Å². The molecule has 1 N–H and O–H groups in total. The number of nitrogens with one attached hydrogen (secondary N) is 1. The lowest BCUT2D eigenvalue weighted by Crippen LogP contribution is -2.50. The van der Waals surface area contributed by atoms with Crippen molar-refractivity contribution in [3.05, 3.63) is 48.1 Å². The van der Waals surface area contributed by atoms with E-state index < -0.39 is 10.2 Å². The highest BCUT2D eigenvalue weighted by Crippen LogP contribution is 2.34. The number of anilines is 1. The molecule has 0 spiro atoms. The average Bonchev–Trinajstić information content (AvgIpc) is 3.46. The summed E-state index contributed by atoms with van der Waals surface area (Å²) in [6.45, 7) is 4.20. The Morgan fingerprint density at radius 1 is 1.17 bits per heavy atom. The maximum atomic E-state index is 12.7. The van der Waals surface area contributed by atoms with Crippen molar-refractivity contribution in [3.63, 3.8) is 0 Å². The maximum absolute atomic E-state index is 12.7. The van der Waals surface area contributed by atoms with Crippen LogP contribution in [0.1, 0.15) is 13.3 Å². The molecule has 1 aromatic carbocycles. The van der Waals surface area contributed by atoms with Crippen LogP contribution in [-0.2, 0) is 10.2 Å². The van der Waals surface area contributed by atoms with Gasteiger partial charge in [0.15, 0.2) is 4.96 Å². The SMILES string of the molecule is CCN1CCCN(CCNc2nccc(-c3c(-c4cccc(OC)c4)nc4sccn34)n2)S1(=O)=O. The van der Waals surface area contributed by atoms with Crippen molar-refractivity contribution in [2.45, 2.75) is 13.3 Å². The third-order valence-corrected chi connectivity index (χ3v) is 8.84. The molecule has 3 aromatic heterocycles. The van der Waals surface area contributed by atoms with Gasteiger partial charge in [-0.25, -0.2) is 15.0 Å². The van der Waals surface area contributed by atoms with Crippen LogP contribution in [0.2, 0.25) is 0 Å². The maximum Gasteiger partial charge on any atom is 0.282 e. The van der Waals surface area contributed by atoms with Gasteiger partial charge in [0.05, 0.1) is 18.5 Å². The molecule has 4 heterocycles. The van der Waals surface area contributed by atoms with Crippen LogP contribution in [0, 0.1) is 0 Å². The summed E-state index contributed by atoms with van der Waals surface area (Å²) in [6.07, 6.45) is 4.49. The molecule has 10 nitrogen and oxygen atoms in total. The van der Waals surface area contributed by atoms with E-state index in [1.54, 1.807) is 24.6 Å². The normalized spacial score (nSPS) is 16.5. The lowest BCUT2D eigenvalue weighted by atomic mass is 10.1. The van der Waals surface area contributed by atoms with Gasteiger partial charge in [-0.05, 0) is 24.6 Å². The van der Waals surface area contributed by atoms with E-state index in [0.717, 1.165) is 34.1 Å². The highest BCUT2D eigenvalue weighted by atomic mass is 32.2. The second-order valence-corrected chi connectivity index (χ2v) is 10.8. The van der Waals surface area contributed by atoms with Crippen molar-refractivity contribution in [3.8, 4) is 28.4 Å². The van der Waals surface area contributed by atoms with Crippen molar-refractivity contribution in [1.29, 1.82) is 0 Å². The third-order valence-electron chi connectivity index (χ3n) is 5.97. The average molecular weight is 514 g/mol. The smallest absolute Gasteiger partial charge is 0.282 e. The monoisotopic (exact) mass is 513 g/mol. The van der Waals surface area contributed by atoms with Gasteiger partial charge in [0, 0.05) is 56.1 Å². The number of rotatable bonds is 8. The standard InChI is InChI=1S/C23H27N7O3S2/c1-3-28-11-5-12-29(35(28,31)32)13-10-25-22-24-9-8-19(26-22)21-20(27-23-30(21)14-15-34-23)17-6-4-7-18(16-17)33-2/h4,6-9,14-16H,3,5,10-13H2,1-2H3,(H,24,25,26). The fraction of sp³-hybridized carbons (Fsp3) is 0.348. The minimum absolute atomic E-state index is 0.350. The Kier molecular flexibility index (Phi) is 6.69. The molecule has 0 unspecified atom stereocenters. The van der Waals surface area contributed by atoms with E-state index in [9.17, 15) is 8.42 Å². The number of methoxy groups -OCH3 is 1. The van der Waals surface area contributed by atoms with Gasteiger partial charge in [0.2, 0.25) is 5.95 Å². The molecule has 0 amide bonds. The number of benzene rings is 1. The van der Waals surface area contributed by atoms with E-state index in [1.165, 1.54) is 8.61 Å². The Balaban J connectivity index is 1.39. The number of hydrogen-bond acceptors (Lipinski definition) is 8. The number of thiazole rings is 1. The van der Waals surface area contributed by atoms with Gasteiger partial charge in [-0.2, -0.15) is 17.0 Å². The van der Waals surface area contributed by atoms with Crippen LogP contribution >= 0.6 is 11.3 Å². The molecule has 35 heavy (non-hydrogen) atoms. The first-order valence-corrected chi connectivity index (χ1v) is 13.7. The Bertz CT molecular complexity index is 1430. The topological polar surface area (TPSA) is 105 Å². The largest absolute Gasteiger partial charge is 0.497 e. The molecule has 1 fully saturated rings. The van der Waals surface area contributed by atoms with E-state index in [-0.39, 0.29) is 0 Å². The summed E-state index contributed by atoms with van der Waals surface area (Å²) in [6, 6.07) is 9.64. The van der Waals surface area contributed by atoms with Crippen LogP contribution in [0.15, 0.2) is 48.1 Å². The van der Waals surface area contributed by atoms with E-state index in [4.69, 9.17) is 14.7 Å². The van der Waals surface area contributed by atoms with E-state index in [1.807, 2.05) is 53.2 Å². The van der Waals surface area contributed by atoms with E-state index >= 15 is 0 Å². The fourth-order valence-electron chi connectivity index (χ4n) is 4.24. The summed E-state index contributed by atoms with van der Waals surface area (Å²) in [4.78, 5) is 14.8. The highest BCUT2D eigenvalue weighted by Gasteiger charge is 2.31. The van der Waals surface area contributed by atoms with Gasteiger partial charge >= 0.3 is 0 Å². The molecule has 5 rings (SSSR count). The predicted octanol–water partition coefficient (Wildman–Crippen LogP) is 3.21. The summed E-state index contributed by atoms with van der Waals surface area (Å²) in [5.41, 5.74) is 3.31. The van der Waals surface area contributed by atoms with Crippen LogP contribution in [0.25, 0.3) is 27.6 Å². The van der Waals surface area contributed by atoms with Crippen LogP contribution in [0.4, 0.5) is 5.95 Å². The Morgan fingerprint density at radius 3 is 2.86 bits per heavy atom. The number of aromatic nitrogens is 4. The lowest BCUT2D eigenvalue weighted by Gasteiger charge is -2.33. The van der Waals surface area contributed by atoms with Crippen LogP contribution in [-0.4, -0.2) is 76.2 Å². The van der Waals surface area contributed by atoms with Gasteiger partial charge in [-0.1, -0.05) is 19.1 Å². The van der Waals surface area contributed by atoms with Crippen LogP contribution in [0.5, 0.6) is 5.75 Å². The first-order chi connectivity index (χ1) is 17.0. The van der Waals surface area contributed by atoms with Crippen molar-refractivity contribution in [2.75, 3.05) is 45.2 Å². The zero-order valence-corrected chi connectivity index (χ0v) is 21.2. The molecule has 12 heteroatoms. The Hall–Kier alpha value is -3.06. The Morgan fingerprint density at radius 2 is 2.03 bits per heavy atom. The fourth-order valence-corrected chi connectivity index (χ4v) is 6.64. The lowest BCUT2D eigenvalue weighted by molar-refractivity contribution is 0.295. The number of fused-ring (bicyclic) bond motifs is 1. The molecule has 1 aliphatic heterocycles. The second-order valence-electron chi connectivity index (χ2n) is 8.04. The molecule has 184 valence electrons. The molecular formula is C23H27N7O3S2. The van der Waals surface area contributed by atoms with Gasteiger partial charge in [0.25, 0.3) is 10.2 Å². The molecule has 1 aliphatic rings. The molecule has 0 aliphatic carbocycles. The summed E-state index contributed by atoms with van der Waals surface area (Å²) in [7, 11) is -1.77. The van der Waals surface area contributed by atoms with E-state index in [2.05, 4.69) is 10.3 Å². The van der Waals surface area contributed by atoms with Gasteiger partial charge in [0.1, 0.15) is 11.4 Å². The first-order valence-electron chi connectivity index (χ1n) is 11.4. The Labute approximate surface area is 208 Å². The molecule has 4 aromatic rings. The minimum atomic E-state index is -3.41. The van der Waals surface area contributed by atoms with Crippen molar-refractivity contribution in [1.82, 2.24) is 28.0 Å². The molecule has 0 bridgehead atoms. The summed E-state index contributed by atoms with van der Waals surface area (Å²) >= 11 is 1.55. The summed E-state index contributed by atoms with van der Waals surface area (Å²) in [5.74, 6) is 1.19. The second kappa shape index (κ2) is 9.90. The predicted molar refractivity (Wildman–Crippen MR) is 137 cm³/mol. The number of ether oxygens (including phenoxy) is 1. The number of nitrogens with zero attached hydrogens (tertiary/aromatic N) is 6. The third kappa shape index (κ3) is 4.61. The molecule has 1 saturated heterocycles. The van der Waals surface area contributed by atoms with E-state index in [0.29, 0.717) is 44.4 Å². The number of imidazole rings is 1. The van der Waals surface area contributed by atoms with Crippen LogP contribution in [0.3, 0.4) is 0 Å². The molecular weight excluding hydrogens is 486 g/mol. The van der Waals surface area contributed by atoms with Crippen molar-refractivity contribution < 1.29 is 13.2 Å². The summed E-state index contributed by atoms with van der Waals surface area (Å²) in [5, 5.41) is 5.18. The zero-order valence-electron chi connectivity index (χ0n) is 19.6. The van der Waals surface area contributed by atoms with Gasteiger partial charge in [-0.3, -0.25) is 4.40 Å². The minimum Gasteiger partial charge on any atom is -0.497 e. The quantitative estimate of drug-likeness (QED) is 0.386. The molecule has 0 saturated carbocycles. The van der Waals surface area contributed by atoms with Crippen molar-refractivity contribution in [2.24, 2.45) is 0 Å². The highest BCUT2D eigenvalue weighted by molar-refractivity contribution is 7.86. The zero-order chi connectivity index (χ0) is 24.4. The molecule has 0 radical (unpaired) electrons. The van der Waals surface area contributed by atoms with Crippen LogP contribution < -0.4 is 10.1 Å². The van der Waals surface area contributed by atoms with Crippen molar-refractivity contribution >= 4 is 32.5 Å². The number of hydrogen-bond donors (Lipinski definition) is 1.